The third kappa shape index (κ3) is 2.66. The van der Waals surface area contributed by atoms with Gasteiger partial charge in [-0.15, -0.1) is 11.3 Å². The molecule has 0 aliphatic heterocycles. The Balaban J connectivity index is 1.53. The molecule has 0 bridgehead atoms. The molecule has 0 saturated heterocycles. The average Bonchev–Trinajstić information content (AvgIpc) is 3.17. The second-order valence-corrected chi connectivity index (χ2v) is 6.74. The van der Waals surface area contributed by atoms with E-state index in [1.165, 1.54) is 0 Å². The summed E-state index contributed by atoms with van der Waals surface area (Å²) in [7, 11) is 0. The Hall–Kier alpha value is -2.47. The van der Waals surface area contributed by atoms with E-state index in [2.05, 4.69) is 15.3 Å². The molecule has 5 nitrogen and oxygen atoms in total. The number of pyridine rings is 1. The molecular formula is C17H15N3O2S. The highest BCUT2D eigenvalue weighted by atomic mass is 32.1. The molecule has 0 unspecified atom stereocenters. The number of nitrogens with zero attached hydrogens (tertiary/aromatic N) is 1. The molecule has 2 N–H and O–H groups in total. The fraction of sp³-hybridized carbons (Fsp3) is 0.235. The monoisotopic (exact) mass is 325 g/mol. The number of thiazole rings is 1. The predicted octanol–water partition coefficient (Wildman–Crippen LogP) is 2.40. The molecular weight excluding hydrogens is 310 g/mol. The number of benzene rings is 1. The van der Waals surface area contributed by atoms with Crippen molar-refractivity contribution in [3.05, 3.63) is 62.5 Å². The molecule has 23 heavy (non-hydrogen) atoms. The quantitative estimate of drug-likeness (QED) is 0.776. The molecule has 2 aromatic heterocycles. The van der Waals surface area contributed by atoms with Crippen molar-refractivity contribution >= 4 is 27.5 Å². The van der Waals surface area contributed by atoms with E-state index < -0.39 is 0 Å². The molecule has 4 rings (SSSR count). The molecule has 1 aromatic carbocycles. The van der Waals surface area contributed by atoms with E-state index in [0.29, 0.717) is 6.54 Å². The summed E-state index contributed by atoms with van der Waals surface area (Å²) >= 11 is 1.55. The molecule has 0 atom stereocenters. The van der Waals surface area contributed by atoms with E-state index in [4.69, 9.17) is 0 Å². The number of H-pyrrole nitrogens is 1. The maximum absolute atomic E-state index is 12.3. The normalized spacial score (nSPS) is 13.2. The first-order valence-corrected chi connectivity index (χ1v) is 8.40. The van der Waals surface area contributed by atoms with E-state index in [9.17, 15) is 9.59 Å². The summed E-state index contributed by atoms with van der Waals surface area (Å²) in [5.41, 5.74) is 2.85. The topological polar surface area (TPSA) is 74.8 Å². The van der Waals surface area contributed by atoms with Crippen LogP contribution in [-0.4, -0.2) is 15.9 Å². The summed E-state index contributed by atoms with van der Waals surface area (Å²) in [6.07, 6.45) is 2.84. The van der Waals surface area contributed by atoms with Crippen molar-refractivity contribution in [3.8, 4) is 0 Å². The molecule has 0 saturated carbocycles. The number of amides is 1. The van der Waals surface area contributed by atoms with Gasteiger partial charge >= 0.3 is 0 Å². The van der Waals surface area contributed by atoms with Crippen molar-refractivity contribution in [1.82, 2.24) is 15.3 Å². The second kappa shape index (κ2) is 5.62. The smallest absolute Gasteiger partial charge is 0.261 e. The molecule has 1 aliphatic carbocycles. The van der Waals surface area contributed by atoms with Crippen LogP contribution in [0, 0.1) is 0 Å². The molecule has 1 aliphatic rings. The minimum absolute atomic E-state index is 0.187. The fourth-order valence-electron chi connectivity index (χ4n) is 2.93. The number of hydrogen-bond donors (Lipinski definition) is 2. The number of nitrogens with one attached hydrogen (secondary N) is 2. The van der Waals surface area contributed by atoms with Crippen molar-refractivity contribution in [1.29, 1.82) is 0 Å². The number of hydrogen-bond acceptors (Lipinski definition) is 4. The Kier molecular flexibility index (Phi) is 3.46. The van der Waals surface area contributed by atoms with Crippen LogP contribution < -0.4 is 10.9 Å². The van der Waals surface area contributed by atoms with E-state index in [1.54, 1.807) is 17.4 Å². The lowest BCUT2D eigenvalue weighted by Crippen LogP contribution is -2.29. The first-order valence-electron chi connectivity index (χ1n) is 7.58. The number of aromatic nitrogens is 2. The molecule has 6 heteroatoms. The van der Waals surface area contributed by atoms with Crippen molar-refractivity contribution in [2.24, 2.45) is 0 Å². The van der Waals surface area contributed by atoms with Gasteiger partial charge in [-0.3, -0.25) is 9.59 Å². The largest absolute Gasteiger partial charge is 0.345 e. The van der Waals surface area contributed by atoms with Crippen molar-refractivity contribution in [2.75, 3.05) is 0 Å². The Bertz CT molecular complexity index is 925. The number of rotatable bonds is 3. The van der Waals surface area contributed by atoms with Gasteiger partial charge in [-0.05, 0) is 43.0 Å². The highest BCUT2D eigenvalue weighted by Gasteiger charge is 2.18. The van der Waals surface area contributed by atoms with Crippen molar-refractivity contribution in [3.63, 3.8) is 0 Å². The van der Waals surface area contributed by atoms with Crippen LogP contribution in [0.4, 0.5) is 0 Å². The summed E-state index contributed by atoms with van der Waals surface area (Å²) in [5, 5.41) is 3.63. The van der Waals surface area contributed by atoms with Gasteiger partial charge in [0.1, 0.15) is 10.6 Å². The summed E-state index contributed by atoms with van der Waals surface area (Å²) in [6, 6.07) is 9.59. The number of para-hydroxylation sites is 1. The zero-order valence-corrected chi connectivity index (χ0v) is 13.2. The first kappa shape index (κ1) is 14.1. The highest BCUT2D eigenvalue weighted by Crippen LogP contribution is 2.21. The van der Waals surface area contributed by atoms with Gasteiger partial charge in [0, 0.05) is 5.69 Å². The van der Waals surface area contributed by atoms with E-state index in [0.717, 1.165) is 45.7 Å². The van der Waals surface area contributed by atoms with Gasteiger partial charge in [-0.2, -0.15) is 0 Å². The van der Waals surface area contributed by atoms with Gasteiger partial charge in [-0.25, -0.2) is 4.98 Å². The maximum atomic E-state index is 12.3. The predicted molar refractivity (Wildman–Crippen MR) is 89.9 cm³/mol. The summed E-state index contributed by atoms with van der Waals surface area (Å²) < 4.78 is 1.09. The van der Waals surface area contributed by atoms with Crippen molar-refractivity contribution < 1.29 is 4.79 Å². The minimum Gasteiger partial charge on any atom is -0.345 e. The summed E-state index contributed by atoms with van der Waals surface area (Å²) in [4.78, 5) is 31.6. The van der Waals surface area contributed by atoms with Gasteiger partial charge in [0.2, 0.25) is 0 Å². The van der Waals surface area contributed by atoms with E-state index >= 15 is 0 Å². The van der Waals surface area contributed by atoms with E-state index in [1.807, 2.05) is 24.3 Å². The standard InChI is InChI=1S/C17H15N3O2S/c21-16(11-8-10-4-3-6-12(10)20-17(11)22)18-9-15-19-13-5-1-2-7-14(13)23-15/h1-2,5,7-8H,3-4,6,9H2,(H,18,21)(H,20,22). The lowest BCUT2D eigenvalue weighted by molar-refractivity contribution is 0.0949. The lowest BCUT2D eigenvalue weighted by Gasteiger charge is -2.05. The van der Waals surface area contributed by atoms with Crippen LogP contribution in [0.3, 0.4) is 0 Å². The summed E-state index contributed by atoms with van der Waals surface area (Å²) in [5.74, 6) is -0.347. The van der Waals surface area contributed by atoms with Crippen LogP contribution >= 0.6 is 11.3 Å². The molecule has 0 fully saturated rings. The first-order chi connectivity index (χ1) is 11.2. The van der Waals surface area contributed by atoms with Gasteiger partial charge < -0.3 is 10.3 Å². The second-order valence-electron chi connectivity index (χ2n) is 5.63. The molecule has 0 radical (unpaired) electrons. The lowest BCUT2D eigenvalue weighted by atomic mass is 10.1. The molecule has 0 spiro atoms. The number of carbonyl (C=O) groups is 1. The Morgan fingerprint density at radius 2 is 2.17 bits per heavy atom. The molecule has 1 amide bonds. The molecule has 3 aromatic rings. The average molecular weight is 325 g/mol. The Labute approximate surface area is 136 Å². The molecule has 116 valence electrons. The summed E-state index contributed by atoms with van der Waals surface area (Å²) in [6.45, 7) is 0.328. The van der Waals surface area contributed by atoms with Crippen LogP contribution in [0.25, 0.3) is 10.2 Å². The Morgan fingerprint density at radius 1 is 1.30 bits per heavy atom. The number of carbonyl (C=O) groups excluding carboxylic acids is 1. The van der Waals surface area contributed by atoms with Gasteiger partial charge in [-0.1, -0.05) is 12.1 Å². The van der Waals surface area contributed by atoms with Gasteiger partial charge in [0.05, 0.1) is 16.8 Å². The fourth-order valence-corrected chi connectivity index (χ4v) is 3.84. The SMILES string of the molecule is O=C(NCc1nc2ccccc2s1)c1cc2c([nH]c1=O)CCC2. The van der Waals surface area contributed by atoms with Crippen LogP contribution in [0.5, 0.6) is 0 Å². The highest BCUT2D eigenvalue weighted by molar-refractivity contribution is 7.18. The van der Waals surface area contributed by atoms with Crippen LogP contribution in [0.15, 0.2) is 35.1 Å². The van der Waals surface area contributed by atoms with Gasteiger partial charge in [0.25, 0.3) is 11.5 Å². The minimum atomic E-state index is -0.347. The van der Waals surface area contributed by atoms with Crippen LogP contribution in [0.1, 0.15) is 33.0 Å². The van der Waals surface area contributed by atoms with Crippen LogP contribution in [-0.2, 0) is 19.4 Å². The third-order valence-corrected chi connectivity index (χ3v) is 5.11. The number of fused-ring (bicyclic) bond motifs is 2. The van der Waals surface area contributed by atoms with Crippen molar-refractivity contribution in [2.45, 2.75) is 25.8 Å². The molecule has 2 heterocycles. The number of aromatic amines is 1. The zero-order chi connectivity index (χ0) is 15.8. The maximum Gasteiger partial charge on any atom is 0.261 e. The Morgan fingerprint density at radius 3 is 3.04 bits per heavy atom. The van der Waals surface area contributed by atoms with Gasteiger partial charge in [0.15, 0.2) is 0 Å². The van der Waals surface area contributed by atoms with Crippen LogP contribution in [0.2, 0.25) is 0 Å². The van der Waals surface area contributed by atoms with E-state index in [-0.39, 0.29) is 17.0 Å². The number of aryl methyl sites for hydroxylation is 2. The zero-order valence-electron chi connectivity index (χ0n) is 12.4. The third-order valence-electron chi connectivity index (χ3n) is 4.07.